The Morgan fingerprint density at radius 2 is 1.95 bits per heavy atom. The van der Waals surface area contributed by atoms with Crippen molar-refractivity contribution < 1.29 is 14.2 Å². The Kier molecular flexibility index (Phi) is 4.93. The molecule has 0 amide bonds. The third-order valence-corrected chi connectivity index (χ3v) is 2.79. The fourth-order valence-corrected chi connectivity index (χ4v) is 1.79. The zero-order valence-corrected chi connectivity index (χ0v) is 11.1. The molecule has 0 aliphatic carbocycles. The monoisotopic (exact) mass is 281 g/mol. The van der Waals surface area contributed by atoms with Gasteiger partial charge in [0.05, 0.1) is 0 Å². The third kappa shape index (κ3) is 3.60. The smallest absolute Gasteiger partial charge is 0.144 e. The molecule has 1 N–H and O–H groups in total. The van der Waals surface area contributed by atoms with E-state index >= 15 is 0 Å². The quantitative estimate of drug-likeness (QED) is 0.880. The highest BCUT2D eigenvalue weighted by molar-refractivity contribution is 5.45. The number of rotatable bonds is 3. The number of nitriles is 1. The molecule has 0 unspecified atom stereocenters. The molecule has 0 saturated carbocycles. The maximum absolute atomic E-state index is 13.5. The number of aliphatic hydroxyl groups excluding tert-OH is 1. The molecule has 3 nitrogen and oxygen atoms in total. The van der Waals surface area contributed by atoms with Gasteiger partial charge in [-0.05, 0) is 18.2 Å². The Hall–Kier alpha value is -2.82. The van der Waals surface area contributed by atoms with Crippen molar-refractivity contribution in [1.29, 1.82) is 5.26 Å². The Morgan fingerprint density at radius 1 is 1.14 bits per heavy atom. The lowest BCUT2D eigenvalue weighted by Gasteiger charge is -2.09. The van der Waals surface area contributed by atoms with Crippen molar-refractivity contribution in [2.24, 2.45) is 0 Å². The van der Waals surface area contributed by atoms with Gasteiger partial charge in [-0.15, -0.1) is 0 Å². The maximum atomic E-state index is 13.5. The van der Waals surface area contributed by atoms with Crippen molar-refractivity contribution in [3.63, 3.8) is 0 Å². The second kappa shape index (κ2) is 7.09. The molecule has 0 radical (unpaired) electrons. The first kappa shape index (κ1) is 14.6. The summed E-state index contributed by atoms with van der Waals surface area (Å²) in [5.41, 5.74) is 1.41. The van der Waals surface area contributed by atoms with Crippen LogP contribution in [0.1, 0.15) is 16.7 Å². The predicted octanol–water partition coefficient (Wildman–Crippen LogP) is 2.62. The van der Waals surface area contributed by atoms with E-state index in [4.69, 9.17) is 15.1 Å². The molecule has 21 heavy (non-hydrogen) atoms. The van der Waals surface area contributed by atoms with Crippen molar-refractivity contribution in [2.45, 2.75) is 6.61 Å². The van der Waals surface area contributed by atoms with Crippen molar-refractivity contribution in [3.8, 4) is 23.7 Å². The molecule has 0 fully saturated rings. The van der Waals surface area contributed by atoms with E-state index in [1.54, 1.807) is 18.2 Å². The van der Waals surface area contributed by atoms with Gasteiger partial charge < -0.3 is 9.84 Å². The van der Waals surface area contributed by atoms with Gasteiger partial charge in [0.25, 0.3) is 0 Å². The zero-order valence-electron chi connectivity index (χ0n) is 11.1. The van der Waals surface area contributed by atoms with Crippen LogP contribution in [0.15, 0.2) is 42.5 Å². The first-order valence-electron chi connectivity index (χ1n) is 6.25. The van der Waals surface area contributed by atoms with Crippen LogP contribution in [0.25, 0.3) is 0 Å². The molecule has 2 aromatic carbocycles. The molecule has 104 valence electrons. The molecule has 0 aliphatic heterocycles. The highest BCUT2D eigenvalue weighted by atomic mass is 19.1. The number of ether oxygens (including phenoxy) is 1. The van der Waals surface area contributed by atoms with Crippen LogP contribution in [0.3, 0.4) is 0 Å². The first-order valence-corrected chi connectivity index (χ1v) is 6.25. The highest BCUT2D eigenvalue weighted by Gasteiger charge is 2.09. The Morgan fingerprint density at radius 3 is 2.71 bits per heavy atom. The minimum Gasteiger partial charge on any atom is -0.487 e. The third-order valence-electron chi connectivity index (χ3n) is 2.79. The van der Waals surface area contributed by atoms with Crippen molar-refractivity contribution in [3.05, 3.63) is 65.0 Å². The van der Waals surface area contributed by atoms with Crippen LogP contribution in [-0.2, 0) is 6.61 Å². The second-order valence-corrected chi connectivity index (χ2v) is 4.13. The van der Waals surface area contributed by atoms with E-state index < -0.39 is 5.82 Å². The number of halogens is 1. The summed E-state index contributed by atoms with van der Waals surface area (Å²) in [4.78, 5) is 0. The summed E-state index contributed by atoms with van der Waals surface area (Å²) in [6.45, 7) is -0.0634. The van der Waals surface area contributed by atoms with E-state index in [-0.39, 0.29) is 24.5 Å². The van der Waals surface area contributed by atoms with Gasteiger partial charge in [-0.1, -0.05) is 36.1 Å². The lowest BCUT2D eigenvalue weighted by atomic mass is 10.1. The summed E-state index contributed by atoms with van der Waals surface area (Å²) in [6, 6.07) is 13.3. The Bertz CT molecular complexity index is 738. The molecule has 0 spiro atoms. The average molecular weight is 281 g/mol. The molecule has 2 rings (SSSR count). The van der Waals surface area contributed by atoms with Crippen LogP contribution in [0.2, 0.25) is 0 Å². The van der Waals surface area contributed by atoms with Crippen LogP contribution < -0.4 is 4.74 Å². The van der Waals surface area contributed by atoms with Crippen LogP contribution >= 0.6 is 0 Å². The van der Waals surface area contributed by atoms with Gasteiger partial charge in [-0.2, -0.15) is 5.26 Å². The van der Waals surface area contributed by atoms with Crippen molar-refractivity contribution >= 4 is 0 Å². The maximum Gasteiger partial charge on any atom is 0.144 e. The van der Waals surface area contributed by atoms with Gasteiger partial charge in [0.15, 0.2) is 0 Å². The fourth-order valence-electron chi connectivity index (χ4n) is 1.79. The van der Waals surface area contributed by atoms with Crippen LogP contribution in [0.5, 0.6) is 5.75 Å². The van der Waals surface area contributed by atoms with Crippen LogP contribution in [-0.4, -0.2) is 11.7 Å². The van der Waals surface area contributed by atoms with Gasteiger partial charge in [0.1, 0.15) is 36.4 Å². The van der Waals surface area contributed by atoms with E-state index in [1.165, 1.54) is 12.1 Å². The molecular weight excluding hydrogens is 269 g/mol. The highest BCUT2D eigenvalue weighted by Crippen LogP contribution is 2.22. The van der Waals surface area contributed by atoms with Gasteiger partial charge in [0, 0.05) is 11.1 Å². The van der Waals surface area contributed by atoms with Gasteiger partial charge >= 0.3 is 0 Å². The lowest BCUT2D eigenvalue weighted by Crippen LogP contribution is -2.00. The Labute approximate surface area is 122 Å². The normalized spacial score (nSPS) is 9.38. The first-order chi connectivity index (χ1) is 10.3. The average Bonchev–Trinajstić information content (AvgIpc) is 2.51. The lowest BCUT2D eigenvalue weighted by molar-refractivity contribution is 0.303. The Balaban J connectivity index is 2.22. The van der Waals surface area contributed by atoms with Gasteiger partial charge in [0.2, 0.25) is 0 Å². The molecule has 4 heteroatoms. The number of hydrogen-bond acceptors (Lipinski definition) is 3. The summed E-state index contributed by atoms with van der Waals surface area (Å²) in [6.07, 6.45) is 0. The van der Waals surface area contributed by atoms with E-state index in [0.29, 0.717) is 0 Å². The summed E-state index contributed by atoms with van der Waals surface area (Å²) < 4.78 is 19.0. The van der Waals surface area contributed by atoms with E-state index in [1.807, 2.05) is 18.2 Å². The standard InChI is InChI=1S/C17H12FNO2/c18-16-8-3-9-17(15(16)11-19)21-12-14-6-2-1-5-13(14)7-4-10-20/h1-3,5-6,8-9,20H,10,12H2. The van der Waals surface area contributed by atoms with Crippen LogP contribution in [0.4, 0.5) is 4.39 Å². The predicted molar refractivity (Wildman–Crippen MR) is 75.9 cm³/mol. The zero-order chi connectivity index (χ0) is 15.1. The summed E-state index contributed by atoms with van der Waals surface area (Å²) >= 11 is 0. The van der Waals surface area contributed by atoms with E-state index in [2.05, 4.69) is 11.8 Å². The summed E-state index contributed by atoms with van der Waals surface area (Å²) in [5, 5.41) is 17.7. The van der Waals surface area contributed by atoms with Crippen molar-refractivity contribution in [1.82, 2.24) is 0 Å². The molecule has 0 saturated heterocycles. The fraction of sp³-hybridized carbons (Fsp3) is 0.118. The van der Waals surface area contributed by atoms with E-state index in [9.17, 15) is 4.39 Å². The molecule has 0 atom stereocenters. The van der Waals surface area contributed by atoms with Crippen molar-refractivity contribution in [2.75, 3.05) is 6.61 Å². The van der Waals surface area contributed by atoms with Gasteiger partial charge in [-0.25, -0.2) is 4.39 Å². The topological polar surface area (TPSA) is 53.2 Å². The number of aliphatic hydroxyl groups is 1. The number of benzene rings is 2. The SMILES string of the molecule is N#Cc1c(F)cccc1OCc1ccccc1C#CCO. The van der Waals surface area contributed by atoms with Gasteiger partial charge in [-0.3, -0.25) is 0 Å². The number of nitrogens with zero attached hydrogens (tertiary/aromatic N) is 1. The molecule has 0 aliphatic rings. The van der Waals surface area contributed by atoms with Crippen LogP contribution in [0, 0.1) is 29.0 Å². The minimum absolute atomic E-state index is 0.114. The number of hydrogen-bond donors (Lipinski definition) is 1. The minimum atomic E-state index is -0.608. The molecule has 2 aromatic rings. The summed E-state index contributed by atoms with van der Waals surface area (Å²) in [5.74, 6) is 4.98. The molecular formula is C17H12FNO2. The molecule has 0 bridgehead atoms. The largest absolute Gasteiger partial charge is 0.487 e. The molecule has 0 aromatic heterocycles. The van der Waals surface area contributed by atoms with E-state index in [0.717, 1.165) is 11.1 Å². The molecule has 0 heterocycles. The second-order valence-electron chi connectivity index (χ2n) is 4.13. The summed E-state index contributed by atoms with van der Waals surface area (Å²) in [7, 11) is 0.